The Morgan fingerprint density at radius 1 is 1.03 bits per heavy atom. The number of nitrogens with zero attached hydrogens (tertiary/aromatic N) is 3. The molecule has 1 aliphatic heterocycles. The van der Waals surface area contributed by atoms with E-state index in [1.54, 1.807) is 36.4 Å². The third-order valence-electron chi connectivity index (χ3n) is 5.80. The highest BCUT2D eigenvalue weighted by Gasteiger charge is 2.30. The van der Waals surface area contributed by atoms with Crippen molar-refractivity contribution in [2.45, 2.75) is 25.6 Å². The first-order valence-corrected chi connectivity index (χ1v) is 11.3. The van der Waals surface area contributed by atoms with Gasteiger partial charge >= 0.3 is 6.11 Å². The normalized spacial score (nSPS) is 16.7. The summed E-state index contributed by atoms with van der Waals surface area (Å²) in [4.78, 5) is 4.20. The van der Waals surface area contributed by atoms with Gasteiger partial charge in [0.25, 0.3) is 0 Å². The van der Waals surface area contributed by atoms with Crippen molar-refractivity contribution >= 4 is 17.3 Å². The molecule has 1 fully saturated rings. The van der Waals surface area contributed by atoms with Gasteiger partial charge in [0.2, 0.25) is 0 Å². The lowest BCUT2D eigenvalue weighted by Gasteiger charge is -2.43. The zero-order chi connectivity index (χ0) is 25.2. The molecule has 35 heavy (non-hydrogen) atoms. The second kappa shape index (κ2) is 10.1. The molecule has 182 valence electrons. The molecule has 0 radical (unpaired) electrons. The van der Waals surface area contributed by atoms with E-state index >= 15 is 0 Å². The summed E-state index contributed by atoms with van der Waals surface area (Å²) in [6, 6.07) is 17.2. The molecule has 3 aromatic rings. The van der Waals surface area contributed by atoms with E-state index < -0.39 is 17.7 Å². The Labute approximate surface area is 205 Å². The third kappa shape index (κ3) is 6.05. The van der Waals surface area contributed by atoms with E-state index in [2.05, 4.69) is 20.6 Å². The Bertz CT molecular complexity index is 1240. The minimum absolute atomic E-state index is 0.0404. The van der Waals surface area contributed by atoms with E-state index in [1.165, 1.54) is 18.2 Å². The average Bonchev–Trinajstić information content (AvgIpc) is 2.81. The summed E-state index contributed by atoms with van der Waals surface area (Å²) in [5, 5.41) is 9.59. The number of alkyl halides is 2. The Morgan fingerprint density at radius 2 is 1.77 bits per heavy atom. The number of piperazine rings is 1. The maximum absolute atomic E-state index is 13.7. The fraction of sp³-hybridized carbons (Fsp3) is 0.269. The van der Waals surface area contributed by atoms with Gasteiger partial charge in [-0.1, -0.05) is 29.8 Å². The summed E-state index contributed by atoms with van der Waals surface area (Å²) in [5.41, 5.74) is 2.66. The van der Waals surface area contributed by atoms with Gasteiger partial charge in [-0.05, 0) is 53.6 Å². The van der Waals surface area contributed by atoms with Crippen molar-refractivity contribution in [3.63, 3.8) is 0 Å². The zero-order valence-corrected chi connectivity index (χ0v) is 19.6. The molecule has 0 N–H and O–H groups in total. The topological polar surface area (TPSA) is 39.5 Å². The molecule has 3 aromatic carbocycles. The zero-order valence-electron chi connectivity index (χ0n) is 18.8. The minimum Gasteiger partial charge on any atom is -0.433 e. The highest BCUT2D eigenvalue weighted by Crippen LogP contribution is 2.37. The molecule has 0 saturated carbocycles. The summed E-state index contributed by atoms with van der Waals surface area (Å²) < 4.78 is 58.2. The number of benzene rings is 3. The van der Waals surface area contributed by atoms with Crippen LogP contribution < -0.4 is 9.64 Å². The molecule has 1 unspecified atom stereocenters. The van der Waals surface area contributed by atoms with Crippen LogP contribution in [0.5, 0.6) is 5.75 Å². The van der Waals surface area contributed by atoms with Gasteiger partial charge in [0.1, 0.15) is 5.75 Å². The molecule has 0 bridgehead atoms. The van der Waals surface area contributed by atoms with Crippen LogP contribution in [0.15, 0.2) is 60.7 Å². The summed E-state index contributed by atoms with van der Waals surface area (Å²) in [6.07, 6.45) is -3.30. The van der Waals surface area contributed by atoms with E-state index in [0.717, 1.165) is 17.3 Å². The van der Waals surface area contributed by atoms with Crippen LogP contribution in [0.25, 0.3) is 0 Å². The van der Waals surface area contributed by atoms with Crippen molar-refractivity contribution in [1.29, 1.82) is 5.26 Å². The summed E-state index contributed by atoms with van der Waals surface area (Å²) in [6.45, 7) is 2.78. The second-order valence-electron chi connectivity index (χ2n) is 8.45. The van der Waals surface area contributed by atoms with Crippen LogP contribution in [-0.2, 0) is 6.54 Å². The summed E-state index contributed by atoms with van der Waals surface area (Å²) in [7, 11) is 0. The van der Waals surface area contributed by atoms with E-state index in [1.807, 2.05) is 0 Å². The smallest absolute Gasteiger partial charge is 0.394 e. The lowest BCUT2D eigenvalue weighted by Crippen LogP contribution is -2.48. The predicted octanol–water partition coefficient (Wildman–Crippen LogP) is 6.54. The quantitative estimate of drug-likeness (QED) is 0.358. The molecule has 1 aliphatic rings. The monoisotopic (exact) mass is 503 g/mol. The van der Waals surface area contributed by atoms with Crippen LogP contribution in [0.2, 0.25) is 5.02 Å². The Kier molecular flexibility index (Phi) is 7.20. The lowest BCUT2D eigenvalue weighted by molar-refractivity contribution is -0.158. The number of rotatable bonds is 6. The first kappa shape index (κ1) is 24.8. The Morgan fingerprint density at radius 3 is 2.40 bits per heavy atom. The van der Waals surface area contributed by atoms with Crippen molar-refractivity contribution < 1.29 is 22.3 Å². The number of ether oxygens (including phenoxy) is 1. The molecule has 0 spiro atoms. The van der Waals surface area contributed by atoms with Gasteiger partial charge < -0.3 is 9.64 Å². The van der Waals surface area contributed by atoms with Crippen molar-refractivity contribution in [3.05, 3.63) is 94.0 Å². The minimum atomic E-state index is -3.30. The SMILES string of the molecule is CC(F)(F)Oc1ccc(C2CN(Cc3ccc(F)c(F)c3)CCN2c2ccc(C#N)cc2Cl)cc1. The number of anilines is 1. The molecule has 1 saturated heterocycles. The van der Waals surface area contributed by atoms with Crippen LogP contribution >= 0.6 is 11.6 Å². The molecule has 1 heterocycles. The van der Waals surface area contributed by atoms with Gasteiger partial charge in [0.05, 0.1) is 28.4 Å². The maximum atomic E-state index is 13.7. The highest BCUT2D eigenvalue weighted by molar-refractivity contribution is 6.33. The number of halogens is 5. The summed E-state index contributed by atoms with van der Waals surface area (Å²) >= 11 is 6.50. The molecule has 0 aliphatic carbocycles. The molecule has 4 nitrogen and oxygen atoms in total. The molecule has 1 atom stereocenters. The predicted molar refractivity (Wildman–Crippen MR) is 126 cm³/mol. The van der Waals surface area contributed by atoms with Gasteiger partial charge in [0, 0.05) is 33.1 Å². The van der Waals surface area contributed by atoms with E-state index in [-0.39, 0.29) is 11.8 Å². The molecule has 0 amide bonds. The van der Waals surface area contributed by atoms with Crippen molar-refractivity contribution in [2.24, 2.45) is 0 Å². The maximum Gasteiger partial charge on any atom is 0.394 e. The van der Waals surface area contributed by atoms with Crippen molar-refractivity contribution in [1.82, 2.24) is 4.90 Å². The third-order valence-corrected chi connectivity index (χ3v) is 6.11. The first-order chi connectivity index (χ1) is 16.6. The van der Waals surface area contributed by atoms with Gasteiger partial charge in [-0.15, -0.1) is 0 Å². The first-order valence-electron chi connectivity index (χ1n) is 10.9. The van der Waals surface area contributed by atoms with E-state index in [0.29, 0.717) is 49.3 Å². The molecule has 0 aromatic heterocycles. The van der Waals surface area contributed by atoms with Crippen LogP contribution in [0.3, 0.4) is 0 Å². The fourth-order valence-corrected chi connectivity index (χ4v) is 4.52. The van der Waals surface area contributed by atoms with Gasteiger partial charge in [-0.3, -0.25) is 4.90 Å². The molecule has 4 rings (SSSR count). The van der Waals surface area contributed by atoms with E-state index in [9.17, 15) is 17.6 Å². The van der Waals surface area contributed by atoms with Crippen LogP contribution in [0, 0.1) is 23.0 Å². The van der Waals surface area contributed by atoms with Crippen molar-refractivity contribution in [3.8, 4) is 11.8 Å². The van der Waals surface area contributed by atoms with Crippen LogP contribution in [0.1, 0.15) is 29.7 Å². The van der Waals surface area contributed by atoms with E-state index in [4.69, 9.17) is 16.9 Å². The second-order valence-corrected chi connectivity index (χ2v) is 8.86. The average molecular weight is 504 g/mol. The van der Waals surface area contributed by atoms with Gasteiger partial charge in [-0.2, -0.15) is 14.0 Å². The van der Waals surface area contributed by atoms with Crippen LogP contribution in [-0.4, -0.2) is 30.6 Å². The fourth-order valence-electron chi connectivity index (χ4n) is 4.23. The highest BCUT2D eigenvalue weighted by atomic mass is 35.5. The Balaban J connectivity index is 1.63. The number of nitriles is 1. The lowest BCUT2D eigenvalue weighted by atomic mass is 10.00. The summed E-state index contributed by atoms with van der Waals surface area (Å²) in [5.74, 6) is -1.75. The number of hydrogen-bond donors (Lipinski definition) is 0. The Hall–Kier alpha value is -3.28. The van der Waals surface area contributed by atoms with Gasteiger partial charge in [-0.25, -0.2) is 8.78 Å². The van der Waals surface area contributed by atoms with Crippen LogP contribution in [0.4, 0.5) is 23.2 Å². The molecular weight excluding hydrogens is 482 g/mol. The molecule has 9 heteroatoms. The number of hydrogen-bond acceptors (Lipinski definition) is 4. The standard InChI is InChI=1S/C26H22ClF4N3O/c1-26(30,31)35-20-6-4-19(5-7-20)25-16-33(15-18-2-8-22(28)23(29)13-18)10-11-34(25)24-9-3-17(14-32)12-21(24)27/h2-9,12-13,25H,10-11,15-16H2,1H3. The van der Waals surface area contributed by atoms with Crippen molar-refractivity contribution in [2.75, 3.05) is 24.5 Å². The van der Waals surface area contributed by atoms with Gasteiger partial charge in [0.15, 0.2) is 11.6 Å². The largest absolute Gasteiger partial charge is 0.433 e. The molecular formula is C26H22ClF4N3O.